The second kappa shape index (κ2) is 14.2. The van der Waals surface area contributed by atoms with Gasteiger partial charge in [-0.15, -0.1) is 11.8 Å². The van der Waals surface area contributed by atoms with Crippen molar-refractivity contribution in [1.29, 1.82) is 0 Å². The molecule has 1 aliphatic heterocycles. The van der Waals surface area contributed by atoms with E-state index in [-0.39, 0.29) is 5.91 Å². The van der Waals surface area contributed by atoms with Gasteiger partial charge in [0.1, 0.15) is 18.1 Å². The van der Waals surface area contributed by atoms with E-state index in [1.165, 1.54) is 10.6 Å². The van der Waals surface area contributed by atoms with E-state index in [2.05, 4.69) is 31.2 Å². The smallest absolute Gasteiger partial charge is 0.280 e. The standard InChI is InChI=1S/C40H31ClN4O2S/c1-28-15-21-36(22-16-28)48-27-38-37(40(46)45(42-38)34-12-6-3-7-13-34)24-31-25-44(33-10-4-2-5-11-33)43-39(31)30-9-8-14-35(23-30)47-26-29-17-19-32(41)20-18-29/h2-25H,26-27H2,1H3. The number of rotatable bonds is 10. The zero-order valence-corrected chi connectivity index (χ0v) is 27.7. The third-order valence-electron chi connectivity index (χ3n) is 7.84. The van der Waals surface area contributed by atoms with Crippen LogP contribution in [0.15, 0.2) is 155 Å². The number of hydrogen-bond acceptors (Lipinski definition) is 5. The maximum absolute atomic E-state index is 14.1. The summed E-state index contributed by atoms with van der Waals surface area (Å²) in [6, 6.07) is 43.3. The van der Waals surface area contributed by atoms with Gasteiger partial charge >= 0.3 is 0 Å². The summed E-state index contributed by atoms with van der Waals surface area (Å²) < 4.78 is 8.00. The van der Waals surface area contributed by atoms with Gasteiger partial charge in [0.05, 0.1) is 22.7 Å². The molecule has 0 bridgehead atoms. The maximum Gasteiger partial charge on any atom is 0.280 e. The number of amides is 1. The first kappa shape index (κ1) is 31.2. The number of carbonyl (C=O) groups excluding carboxylic acids is 1. The molecule has 1 aromatic heterocycles. The summed E-state index contributed by atoms with van der Waals surface area (Å²) in [7, 11) is 0. The zero-order chi connectivity index (χ0) is 32.9. The predicted octanol–water partition coefficient (Wildman–Crippen LogP) is 9.66. The van der Waals surface area contributed by atoms with Crippen molar-refractivity contribution in [1.82, 2.24) is 9.78 Å². The Kier molecular flexibility index (Phi) is 9.23. The van der Waals surface area contributed by atoms with Crippen molar-refractivity contribution < 1.29 is 9.53 Å². The number of aromatic nitrogens is 2. The molecule has 1 amide bonds. The van der Waals surface area contributed by atoms with Crippen LogP contribution in [0.4, 0.5) is 5.69 Å². The van der Waals surface area contributed by atoms with Crippen molar-refractivity contribution in [3.8, 4) is 22.7 Å². The van der Waals surface area contributed by atoms with Gasteiger partial charge in [-0.05, 0) is 79.2 Å². The number of aryl methyl sites for hydroxylation is 1. The molecule has 0 saturated carbocycles. The number of carbonyl (C=O) groups is 1. The zero-order valence-electron chi connectivity index (χ0n) is 26.2. The summed E-state index contributed by atoms with van der Waals surface area (Å²) in [5.41, 5.74) is 7.45. The molecule has 0 aliphatic carbocycles. The Morgan fingerprint density at radius 1 is 0.812 bits per heavy atom. The molecule has 48 heavy (non-hydrogen) atoms. The van der Waals surface area contributed by atoms with E-state index in [0.717, 1.165) is 38.7 Å². The third-order valence-corrected chi connectivity index (χ3v) is 9.12. The van der Waals surface area contributed by atoms with Crippen molar-refractivity contribution in [2.24, 2.45) is 5.10 Å². The fourth-order valence-electron chi connectivity index (χ4n) is 5.31. The Labute approximate surface area is 289 Å². The van der Waals surface area contributed by atoms with E-state index in [9.17, 15) is 4.79 Å². The van der Waals surface area contributed by atoms with Crippen molar-refractivity contribution in [3.63, 3.8) is 0 Å². The Bertz CT molecular complexity index is 2110. The van der Waals surface area contributed by atoms with Crippen LogP contribution < -0.4 is 9.75 Å². The lowest BCUT2D eigenvalue weighted by Crippen LogP contribution is -2.21. The van der Waals surface area contributed by atoms with E-state index in [0.29, 0.717) is 34.4 Å². The van der Waals surface area contributed by atoms with Gasteiger partial charge in [-0.3, -0.25) is 4.79 Å². The van der Waals surface area contributed by atoms with Gasteiger partial charge in [0.25, 0.3) is 5.91 Å². The van der Waals surface area contributed by atoms with Gasteiger partial charge < -0.3 is 4.74 Å². The first-order valence-corrected chi connectivity index (χ1v) is 16.9. The SMILES string of the molecule is Cc1ccc(SCC2=NN(c3ccccc3)C(=O)C2=Cc2cn(-c3ccccc3)nc2-c2cccc(OCc3ccc(Cl)cc3)c2)cc1. The quantitative estimate of drug-likeness (QED) is 0.108. The highest BCUT2D eigenvalue weighted by Gasteiger charge is 2.31. The van der Waals surface area contributed by atoms with Crippen molar-refractivity contribution in [2.75, 3.05) is 10.8 Å². The van der Waals surface area contributed by atoms with E-state index in [1.807, 2.05) is 126 Å². The van der Waals surface area contributed by atoms with Crippen LogP contribution in [0.25, 0.3) is 23.0 Å². The molecule has 0 spiro atoms. The molecule has 0 radical (unpaired) electrons. The van der Waals surface area contributed by atoms with Gasteiger partial charge in [-0.2, -0.15) is 15.2 Å². The Balaban J connectivity index is 1.26. The Hall–Kier alpha value is -5.37. The fourth-order valence-corrected chi connectivity index (χ4v) is 6.28. The maximum atomic E-state index is 14.1. The van der Waals surface area contributed by atoms with Crippen LogP contribution in [0.1, 0.15) is 16.7 Å². The van der Waals surface area contributed by atoms with Crippen LogP contribution in [0, 0.1) is 6.92 Å². The molecule has 0 fully saturated rings. The number of halogens is 1. The summed E-state index contributed by atoms with van der Waals surface area (Å²) >= 11 is 7.71. The molecule has 0 atom stereocenters. The number of thioether (sulfide) groups is 1. The van der Waals surface area contributed by atoms with Crippen LogP contribution in [0.5, 0.6) is 5.75 Å². The lowest BCUT2D eigenvalue weighted by atomic mass is 10.0. The minimum Gasteiger partial charge on any atom is -0.489 e. The summed E-state index contributed by atoms with van der Waals surface area (Å²) in [5, 5.41) is 12.0. The predicted molar refractivity (Wildman–Crippen MR) is 196 cm³/mol. The summed E-state index contributed by atoms with van der Waals surface area (Å²) in [4.78, 5) is 15.2. The lowest BCUT2D eigenvalue weighted by Gasteiger charge is -2.11. The van der Waals surface area contributed by atoms with Gasteiger partial charge in [0.2, 0.25) is 0 Å². The van der Waals surface area contributed by atoms with Crippen LogP contribution in [0.2, 0.25) is 5.02 Å². The van der Waals surface area contributed by atoms with E-state index in [1.54, 1.807) is 11.8 Å². The molecule has 1 aliphatic rings. The summed E-state index contributed by atoms with van der Waals surface area (Å²) in [6.07, 6.45) is 3.88. The average Bonchev–Trinajstić information content (AvgIpc) is 3.69. The molecule has 0 unspecified atom stereocenters. The highest BCUT2D eigenvalue weighted by molar-refractivity contribution is 8.00. The Morgan fingerprint density at radius 3 is 2.25 bits per heavy atom. The molecule has 7 rings (SSSR count). The van der Waals surface area contributed by atoms with E-state index < -0.39 is 0 Å². The highest BCUT2D eigenvalue weighted by atomic mass is 35.5. The molecule has 6 aromatic rings. The topological polar surface area (TPSA) is 59.7 Å². The third kappa shape index (κ3) is 7.13. The second-order valence-corrected chi connectivity index (χ2v) is 12.8. The molecular formula is C40H31ClN4O2S. The number of hydrogen-bond donors (Lipinski definition) is 0. The molecule has 236 valence electrons. The second-order valence-electron chi connectivity index (χ2n) is 11.3. The monoisotopic (exact) mass is 666 g/mol. The molecule has 6 nitrogen and oxygen atoms in total. The van der Waals surface area contributed by atoms with Crippen LogP contribution >= 0.6 is 23.4 Å². The minimum absolute atomic E-state index is 0.181. The number of anilines is 1. The largest absolute Gasteiger partial charge is 0.489 e. The average molecular weight is 667 g/mol. The normalized spacial score (nSPS) is 13.6. The first-order valence-electron chi connectivity index (χ1n) is 15.5. The van der Waals surface area contributed by atoms with Crippen molar-refractivity contribution in [3.05, 3.63) is 167 Å². The van der Waals surface area contributed by atoms with Crippen LogP contribution in [-0.2, 0) is 11.4 Å². The number of nitrogens with zero attached hydrogens (tertiary/aromatic N) is 4. The summed E-state index contributed by atoms with van der Waals surface area (Å²) in [6.45, 7) is 2.47. The summed E-state index contributed by atoms with van der Waals surface area (Å²) in [5.74, 6) is 1.05. The van der Waals surface area contributed by atoms with Crippen LogP contribution in [-0.4, -0.2) is 27.2 Å². The van der Waals surface area contributed by atoms with Crippen molar-refractivity contribution in [2.45, 2.75) is 18.4 Å². The lowest BCUT2D eigenvalue weighted by molar-refractivity contribution is -0.114. The fraction of sp³-hybridized carbons (Fsp3) is 0.0750. The molecule has 0 N–H and O–H groups in total. The van der Waals surface area contributed by atoms with E-state index in [4.69, 9.17) is 26.5 Å². The molecule has 0 saturated heterocycles. The van der Waals surface area contributed by atoms with Gasteiger partial charge in [0, 0.05) is 33.0 Å². The number of ether oxygens (including phenoxy) is 1. The van der Waals surface area contributed by atoms with Crippen LogP contribution in [0.3, 0.4) is 0 Å². The molecule has 8 heteroatoms. The number of hydrazone groups is 1. The molecule has 5 aromatic carbocycles. The van der Waals surface area contributed by atoms with Gasteiger partial charge in [-0.1, -0.05) is 90.0 Å². The van der Waals surface area contributed by atoms with E-state index >= 15 is 0 Å². The Morgan fingerprint density at radius 2 is 1.52 bits per heavy atom. The molecule has 2 heterocycles. The highest BCUT2D eigenvalue weighted by Crippen LogP contribution is 2.33. The van der Waals surface area contributed by atoms with Gasteiger partial charge in [-0.25, -0.2) is 4.68 Å². The van der Waals surface area contributed by atoms with Gasteiger partial charge in [0.15, 0.2) is 0 Å². The number of benzene rings is 5. The van der Waals surface area contributed by atoms with Crippen molar-refractivity contribution >= 4 is 46.7 Å². The molecular weight excluding hydrogens is 636 g/mol. The minimum atomic E-state index is -0.181. The number of para-hydroxylation sites is 2. The first-order chi connectivity index (χ1) is 23.5.